The lowest BCUT2D eigenvalue weighted by atomic mass is 9.97. The van der Waals surface area contributed by atoms with Crippen LogP contribution in [0.3, 0.4) is 0 Å². The lowest BCUT2D eigenvalue weighted by molar-refractivity contribution is -0.140. The summed E-state index contributed by atoms with van der Waals surface area (Å²) in [5, 5.41) is 22.5. The minimum absolute atomic E-state index is 0.150. The Hall–Kier alpha value is -1.53. The Morgan fingerprint density at radius 2 is 2.00 bits per heavy atom. The Morgan fingerprint density at radius 3 is 2.52 bits per heavy atom. The van der Waals surface area contributed by atoms with E-state index in [1.54, 1.807) is 0 Å². The molecule has 1 aromatic rings. The minimum atomic E-state index is -1.53. The second kappa shape index (κ2) is 6.95. The standard InChI is InChI=1S/C15H21F2NO3/c1-4-7-15(3,21)14(20)18-9(2)13(19)10-5-6-11(16)12(17)8-10/h5-6,8-9,13,19,21H,4,7H2,1-3H3,(H,18,20). The number of aliphatic hydroxyl groups excluding tert-OH is 1. The molecule has 0 bridgehead atoms. The molecule has 3 N–H and O–H groups in total. The predicted molar refractivity (Wildman–Crippen MR) is 74.5 cm³/mol. The van der Waals surface area contributed by atoms with Gasteiger partial charge in [-0.2, -0.15) is 0 Å². The van der Waals surface area contributed by atoms with E-state index in [0.29, 0.717) is 6.42 Å². The van der Waals surface area contributed by atoms with Gasteiger partial charge in [-0.25, -0.2) is 8.78 Å². The fourth-order valence-corrected chi connectivity index (χ4v) is 2.03. The maximum atomic E-state index is 13.1. The number of benzene rings is 1. The highest BCUT2D eigenvalue weighted by Crippen LogP contribution is 2.20. The molecule has 0 fully saturated rings. The summed E-state index contributed by atoms with van der Waals surface area (Å²) >= 11 is 0. The van der Waals surface area contributed by atoms with E-state index in [9.17, 15) is 23.8 Å². The average Bonchev–Trinajstić information content (AvgIpc) is 2.40. The summed E-state index contributed by atoms with van der Waals surface area (Å²) < 4.78 is 26.0. The number of nitrogens with one attached hydrogen (secondary N) is 1. The lowest BCUT2D eigenvalue weighted by Crippen LogP contribution is -2.49. The van der Waals surface area contributed by atoms with Crippen LogP contribution in [0.4, 0.5) is 8.78 Å². The average molecular weight is 301 g/mol. The lowest BCUT2D eigenvalue weighted by Gasteiger charge is -2.27. The number of halogens is 2. The Bertz CT molecular complexity index is 506. The van der Waals surface area contributed by atoms with Crippen molar-refractivity contribution >= 4 is 5.91 Å². The second-order valence-electron chi connectivity index (χ2n) is 5.40. The molecule has 4 nitrogen and oxygen atoms in total. The summed E-state index contributed by atoms with van der Waals surface area (Å²) in [6, 6.07) is 2.28. The predicted octanol–water partition coefficient (Wildman–Crippen LogP) is 2.05. The third-order valence-electron chi connectivity index (χ3n) is 3.34. The number of carbonyl (C=O) groups excluding carboxylic acids is 1. The van der Waals surface area contributed by atoms with Gasteiger partial charge in [-0.3, -0.25) is 4.79 Å². The van der Waals surface area contributed by atoms with E-state index >= 15 is 0 Å². The van der Waals surface area contributed by atoms with E-state index in [2.05, 4.69) is 5.32 Å². The highest BCUT2D eigenvalue weighted by Gasteiger charge is 2.31. The third-order valence-corrected chi connectivity index (χ3v) is 3.34. The Labute approximate surface area is 122 Å². The van der Waals surface area contributed by atoms with Crippen molar-refractivity contribution in [2.24, 2.45) is 0 Å². The quantitative estimate of drug-likeness (QED) is 0.753. The summed E-state index contributed by atoms with van der Waals surface area (Å²) in [5.41, 5.74) is -1.38. The van der Waals surface area contributed by atoms with Crippen LogP contribution in [0.5, 0.6) is 0 Å². The molecular formula is C15H21F2NO3. The second-order valence-corrected chi connectivity index (χ2v) is 5.40. The zero-order valence-electron chi connectivity index (χ0n) is 12.4. The number of hydrogen-bond donors (Lipinski definition) is 3. The summed E-state index contributed by atoms with van der Waals surface area (Å²) in [6.45, 7) is 4.75. The Kier molecular flexibility index (Phi) is 5.80. The largest absolute Gasteiger partial charge is 0.386 e. The van der Waals surface area contributed by atoms with Gasteiger partial charge in [-0.1, -0.05) is 19.4 Å². The fraction of sp³-hybridized carbons (Fsp3) is 0.533. The van der Waals surface area contributed by atoms with Crippen LogP contribution >= 0.6 is 0 Å². The first-order valence-electron chi connectivity index (χ1n) is 6.85. The van der Waals surface area contributed by atoms with Gasteiger partial charge in [0.1, 0.15) is 5.60 Å². The van der Waals surface area contributed by atoms with Gasteiger partial charge < -0.3 is 15.5 Å². The highest BCUT2D eigenvalue weighted by molar-refractivity contribution is 5.84. The molecule has 0 spiro atoms. The van der Waals surface area contributed by atoms with Gasteiger partial charge >= 0.3 is 0 Å². The first kappa shape index (κ1) is 17.5. The van der Waals surface area contributed by atoms with Crippen LogP contribution in [0.2, 0.25) is 0 Å². The SMILES string of the molecule is CCCC(C)(O)C(=O)NC(C)C(O)c1ccc(F)c(F)c1. The van der Waals surface area contributed by atoms with Crippen molar-refractivity contribution in [2.75, 3.05) is 0 Å². The van der Waals surface area contributed by atoms with Crippen LogP contribution in [0.1, 0.15) is 45.3 Å². The Morgan fingerprint density at radius 1 is 1.38 bits per heavy atom. The van der Waals surface area contributed by atoms with Crippen LogP contribution in [0.25, 0.3) is 0 Å². The van der Waals surface area contributed by atoms with Gasteiger partial charge in [0.2, 0.25) is 0 Å². The molecule has 0 aliphatic heterocycles. The molecule has 3 unspecified atom stereocenters. The van der Waals surface area contributed by atoms with E-state index in [1.807, 2.05) is 6.92 Å². The number of aliphatic hydroxyl groups is 2. The molecule has 1 aromatic carbocycles. The van der Waals surface area contributed by atoms with Gasteiger partial charge in [-0.05, 0) is 38.0 Å². The molecule has 118 valence electrons. The van der Waals surface area contributed by atoms with E-state index in [-0.39, 0.29) is 12.0 Å². The number of rotatable bonds is 6. The van der Waals surface area contributed by atoms with E-state index < -0.39 is 35.3 Å². The molecule has 0 saturated carbocycles. The van der Waals surface area contributed by atoms with E-state index in [1.165, 1.54) is 19.9 Å². The molecule has 1 amide bonds. The van der Waals surface area contributed by atoms with Crippen LogP contribution in [0, 0.1) is 11.6 Å². The fourth-order valence-electron chi connectivity index (χ4n) is 2.03. The zero-order chi connectivity index (χ0) is 16.2. The van der Waals surface area contributed by atoms with Crippen molar-refractivity contribution in [1.29, 1.82) is 0 Å². The first-order valence-corrected chi connectivity index (χ1v) is 6.85. The van der Waals surface area contributed by atoms with Crippen LogP contribution in [-0.2, 0) is 4.79 Å². The highest BCUT2D eigenvalue weighted by atomic mass is 19.2. The topological polar surface area (TPSA) is 69.6 Å². The molecule has 0 aliphatic carbocycles. The summed E-state index contributed by atoms with van der Waals surface area (Å²) in [4.78, 5) is 11.9. The summed E-state index contributed by atoms with van der Waals surface area (Å²) in [6.07, 6.45) is -0.297. The number of hydrogen-bond acceptors (Lipinski definition) is 3. The van der Waals surface area contributed by atoms with Gasteiger partial charge in [0.05, 0.1) is 12.1 Å². The molecule has 1 rings (SSSR count). The summed E-state index contributed by atoms with van der Waals surface area (Å²) in [5.74, 6) is -2.69. The third kappa shape index (κ3) is 4.47. The van der Waals surface area contributed by atoms with Crippen molar-refractivity contribution in [3.05, 3.63) is 35.4 Å². The maximum Gasteiger partial charge on any atom is 0.251 e. The molecule has 0 heterocycles. The van der Waals surface area contributed by atoms with Crippen LogP contribution in [-0.4, -0.2) is 27.8 Å². The van der Waals surface area contributed by atoms with Crippen molar-refractivity contribution in [3.63, 3.8) is 0 Å². The van der Waals surface area contributed by atoms with Crippen molar-refractivity contribution < 1.29 is 23.8 Å². The molecule has 6 heteroatoms. The monoisotopic (exact) mass is 301 g/mol. The van der Waals surface area contributed by atoms with Crippen molar-refractivity contribution in [3.8, 4) is 0 Å². The van der Waals surface area contributed by atoms with E-state index in [0.717, 1.165) is 12.1 Å². The maximum absolute atomic E-state index is 13.1. The molecular weight excluding hydrogens is 280 g/mol. The van der Waals surface area contributed by atoms with Gasteiger partial charge in [0, 0.05) is 0 Å². The molecule has 21 heavy (non-hydrogen) atoms. The number of carbonyl (C=O) groups is 1. The first-order chi connectivity index (χ1) is 9.69. The molecule has 0 radical (unpaired) electrons. The molecule has 0 aromatic heterocycles. The molecule has 0 aliphatic rings. The van der Waals surface area contributed by atoms with Gasteiger partial charge in [0.15, 0.2) is 11.6 Å². The van der Waals surface area contributed by atoms with E-state index in [4.69, 9.17) is 0 Å². The number of amides is 1. The van der Waals surface area contributed by atoms with Crippen molar-refractivity contribution in [1.82, 2.24) is 5.32 Å². The molecule has 0 saturated heterocycles. The van der Waals surface area contributed by atoms with Crippen molar-refractivity contribution in [2.45, 2.75) is 51.4 Å². The zero-order valence-corrected chi connectivity index (χ0v) is 12.4. The minimum Gasteiger partial charge on any atom is -0.386 e. The molecule has 3 atom stereocenters. The van der Waals surface area contributed by atoms with Gasteiger partial charge in [0.25, 0.3) is 5.91 Å². The van der Waals surface area contributed by atoms with Crippen LogP contribution < -0.4 is 5.32 Å². The summed E-state index contributed by atoms with van der Waals surface area (Å²) in [7, 11) is 0. The van der Waals surface area contributed by atoms with Gasteiger partial charge in [-0.15, -0.1) is 0 Å². The smallest absolute Gasteiger partial charge is 0.251 e. The Balaban J connectivity index is 2.76. The normalized spacial score (nSPS) is 16.9. The van der Waals surface area contributed by atoms with Crippen LogP contribution in [0.15, 0.2) is 18.2 Å².